The van der Waals surface area contributed by atoms with Crippen molar-refractivity contribution in [3.8, 4) is 45.0 Å². The molecule has 4 heterocycles. The summed E-state index contributed by atoms with van der Waals surface area (Å²) < 4.78 is 5.39. The summed E-state index contributed by atoms with van der Waals surface area (Å²) in [4.78, 5) is 21.0. The fourth-order valence-electron chi connectivity index (χ4n) is 7.64. The molecule has 53 heavy (non-hydrogen) atoms. The van der Waals surface area contributed by atoms with Crippen LogP contribution in [0.25, 0.3) is 98.8 Å². The van der Waals surface area contributed by atoms with Crippen LogP contribution in [-0.4, -0.2) is 29.1 Å². The molecule has 0 radical (unpaired) electrons. The lowest BCUT2D eigenvalue weighted by atomic mass is 10.0. The van der Waals surface area contributed by atoms with E-state index in [1.54, 1.807) is 11.3 Å². The first kappa shape index (κ1) is 29.7. The quantitative estimate of drug-likeness (QED) is 0.180. The van der Waals surface area contributed by atoms with Gasteiger partial charge in [0.15, 0.2) is 5.82 Å². The Bertz CT molecular complexity index is 3120. The molecule has 0 fully saturated rings. The normalized spacial score (nSPS) is 11.8. The summed E-state index contributed by atoms with van der Waals surface area (Å²) >= 11 is 1.66. The van der Waals surface area contributed by atoms with Crippen molar-refractivity contribution >= 4 is 65.2 Å². The monoisotopic (exact) mass is 696 g/mol. The van der Waals surface area contributed by atoms with Crippen molar-refractivity contribution in [3.05, 3.63) is 170 Å². The number of hydrogen-bond donors (Lipinski definition) is 0. The van der Waals surface area contributed by atoms with E-state index in [4.69, 9.17) is 19.9 Å². The van der Waals surface area contributed by atoms with Crippen LogP contribution in [0.3, 0.4) is 0 Å². The van der Waals surface area contributed by atoms with Crippen LogP contribution < -0.4 is 0 Å². The fraction of sp³-hybridized carbons (Fsp3) is 0. The van der Waals surface area contributed by atoms with Gasteiger partial charge in [-0.3, -0.25) is 9.13 Å². The zero-order chi connectivity index (χ0) is 34.9. The Morgan fingerprint density at radius 1 is 0.377 bits per heavy atom. The number of rotatable bonds is 5. The topological polar surface area (TPSA) is 61.4 Å². The Hall–Kier alpha value is -6.96. The average molecular weight is 697 g/mol. The third-order valence-corrected chi connectivity index (χ3v) is 11.2. The molecule has 11 aromatic rings. The van der Waals surface area contributed by atoms with Crippen molar-refractivity contribution in [1.29, 1.82) is 0 Å². The average Bonchev–Trinajstić information content (AvgIpc) is 3.92. The highest BCUT2D eigenvalue weighted by Crippen LogP contribution is 2.39. The van der Waals surface area contributed by atoms with E-state index < -0.39 is 0 Å². The molecule has 0 aliphatic carbocycles. The maximum absolute atomic E-state index is 5.35. The van der Waals surface area contributed by atoms with Gasteiger partial charge >= 0.3 is 0 Å². The van der Waals surface area contributed by atoms with Crippen molar-refractivity contribution < 1.29 is 0 Å². The van der Waals surface area contributed by atoms with Crippen molar-refractivity contribution in [2.75, 3.05) is 0 Å². The van der Waals surface area contributed by atoms with Crippen LogP contribution in [-0.2, 0) is 0 Å². The highest BCUT2D eigenvalue weighted by atomic mass is 32.1. The van der Waals surface area contributed by atoms with E-state index in [1.807, 2.05) is 24.3 Å². The first-order valence-electron chi connectivity index (χ1n) is 17.6. The van der Waals surface area contributed by atoms with Crippen LogP contribution in [0.2, 0.25) is 0 Å². The lowest BCUT2D eigenvalue weighted by Gasteiger charge is -2.13. The van der Waals surface area contributed by atoms with Gasteiger partial charge in [0.25, 0.3) is 0 Å². The summed E-state index contributed by atoms with van der Waals surface area (Å²) in [5.41, 5.74) is 9.38. The van der Waals surface area contributed by atoms with Gasteiger partial charge < -0.3 is 0 Å². The number of hydrogen-bond acceptors (Lipinski definition) is 5. The maximum atomic E-state index is 5.35. The number of nitrogens with zero attached hydrogens (tertiary/aromatic N) is 6. The molecule has 0 atom stereocenters. The molecule has 0 unspecified atom stereocenters. The largest absolute Gasteiger partial charge is 0.278 e. The number of para-hydroxylation sites is 3. The summed E-state index contributed by atoms with van der Waals surface area (Å²) in [6.07, 6.45) is 0. The molecule has 0 aliphatic rings. The number of aromatic nitrogens is 6. The summed E-state index contributed by atoms with van der Waals surface area (Å²) in [7, 11) is 0. The second kappa shape index (κ2) is 11.8. The highest BCUT2D eigenvalue weighted by Gasteiger charge is 2.22. The summed E-state index contributed by atoms with van der Waals surface area (Å²) in [6, 6.07) is 59.1. The van der Waals surface area contributed by atoms with Crippen LogP contribution in [0.15, 0.2) is 170 Å². The lowest BCUT2D eigenvalue weighted by Crippen LogP contribution is -2.10. The van der Waals surface area contributed by atoms with Crippen molar-refractivity contribution in [1.82, 2.24) is 29.1 Å². The number of benzene rings is 7. The zero-order valence-corrected chi connectivity index (χ0v) is 29.1. The molecule has 7 aromatic carbocycles. The first-order valence-corrected chi connectivity index (χ1v) is 18.4. The van der Waals surface area contributed by atoms with E-state index in [-0.39, 0.29) is 0 Å². The second-order valence-corrected chi connectivity index (χ2v) is 14.1. The minimum atomic E-state index is 0.551. The SMILES string of the molecule is c1ccc(-c2ccc3c(c2)c2ccccc2n3-c2nc(-c3cccc4nc(-c5ccccc5)sc34)nc(-n3c4ccccc4c4ccccc43)n2)cc1. The third-order valence-electron chi connectivity index (χ3n) is 10.0. The highest BCUT2D eigenvalue weighted by molar-refractivity contribution is 7.22. The van der Waals surface area contributed by atoms with E-state index in [0.29, 0.717) is 17.7 Å². The van der Waals surface area contributed by atoms with Crippen molar-refractivity contribution in [3.63, 3.8) is 0 Å². The second-order valence-electron chi connectivity index (χ2n) is 13.1. The molecule has 6 nitrogen and oxygen atoms in total. The Morgan fingerprint density at radius 2 is 0.906 bits per heavy atom. The predicted octanol–water partition coefficient (Wildman–Crippen LogP) is 11.7. The van der Waals surface area contributed by atoms with Gasteiger partial charge in [-0.15, -0.1) is 11.3 Å². The summed E-state index contributed by atoms with van der Waals surface area (Å²) in [5, 5.41) is 5.53. The fourth-order valence-corrected chi connectivity index (χ4v) is 8.72. The van der Waals surface area contributed by atoms with Crippen LogP contribution in [0, 0.1) is 0 Å². The van der Waals surface area contributed by atoms with E-state index in [9.17, 15) is 0 Å². The molecule has 248 valence electrons. The lowest BCUT2D eigenvalue weighted by molar-refractivity contribution is 0.893. The van der Waals surface area contributed by atoms with Gasteiger partial charge in [-0.1, -0.05) is 127 Å². The van der Waals surface area contributed by atoms with Crippen LogP contribution >= 0.6 is 11.3 Å². The molecule has 0 bridgehead atoms. The van der Waals surface area contributed by atoms with Gasteiger partial charge in [-0.05, 0) is 53.6 Å². The zero-order valence-electron chi connectivity index (χ0n) is 28.3. The van der Waals surface area contributed by atoms with E-state index in [0.717, 1.165) is 75.5 Å². The van der Waals surface area contributed by atoms with Gasteiger partial charge in [-0.2, -0.15) is 15.0 Å². The number of fused-ring (bicyclic) bond motifs is 7. The maximum Gasteiger partial charge on any atom is 0.240 e. The van der Waals surface area contributed by atoms with Gasteiger partial charge in [0, 0.05) is 32.7 Å². The van der Waals surface area contributed by atoms with Crippen LogP contribution in [0.5, 0.6) is 0 Å². The van der Waals surface area contributed by atoms with E-state index in [2.05, 4.69) is 155 Å². The first-order chi connectivity index (χ1) is 26.3. The summed E-state index contributed by atoms with van der Waals surface area (Å²) in [6.45, 7) is 0. The predicted molar refractivity (Wildman–Crippen MR) is 218 cm³/mol. The van der Waals surface area contributed by atoms with Gasteiger partial charge in [0.1, 0.15) is 5.01 Å². The minimum Gasteiger partial charge on any atom is -0.278 e. The molecule has 0 N–H and O–H groups in total. The molecule has 11 rings (SSSR count). The molecule has 4 aromatic heterocycles. The number of thiazole rings is 1. The van der Waals surface area contributed by atoms with Gasteiger partial charge in [-0.25, -0.2) is 4.98 Å². The Balaban J connectivity index is 1.22. The Labute approximate surface area is 307 Å². The van der Waals surface area contributed by atoms with Crippen molar-refractivity contribution in [2.45, 2.75) is 0 Å². The molecule has 0 amide bonds. The molecule has 0 saturated carbocycles. The van der Waals surface area contributed by atoms with Gasteiger partial charge in [0.05, 0.1) is 32.3 Å². The van der Waals surface area contributed by atoms with Crippen LogP contribution in [0.4, 0.5) is 0 Å². The van der Waals surface area contributed by atoms with Gasteiger partial charge in [0.2, 0.25) is 11.9 Å². The molecule has 0 saturated heterocycles. The summed E-state index contributed by atoms with van der Waals surface area (Å²) in [5.74, 6) is 1.70. The standard InChI is InChI=1S/C46H28N6S/c1-3-14-29(15-4-1)31-26-27-41-36(28-31)34-20-9-12-25-40(34)52(41)46-49-43(35-21-13-22-37-42(35)53-44(47-37)30-16-5-2-6-17-30)48-45(50-46)51-38-23-10-7-18-32(38)33-19-8-11-24-39(33)51/h1-28H. The Morgan fingerprint density at radius 3 is 1.53 bits per heavy atom. The molecular weight excluding hydrogens is 669 g/mol. The Kier molecular flexibility index (Phi) is 6.62. The van der Waals surface area contributed by atoms with E-state index in [1.165, 1.54) is 5.56 Å². The molecular formula is C46H28N6S. The molecule has 0 aliphatic heterocycles. The van der Waals surface area contributed by atoms with Crippen molar-refractivity contribution in [2.24, 2.45) is 0 Å². The molecule has 0 spiro atoms. The molecule has 7 heteroatoms. The third kappa shape index (κ3) is 4.71. The minimum absolute atomic E-state index is 0.551. The van der Waals surface area contributed by atoms with Crippen LogP contribution in [0.1, 0.15) is 0 Å². The smallest absolute Gasteiger partial charge is 0.240 e. The van der Waals surface area contributed by atoms with E-state index >= 15 is 0 Å².